The summed E-state index contributed by atoms with van der Waals surface area (Å²) in [4.78, 5) is 49.2. The van der Waals surface area contributed by atoms with Crippen molar-refractivity contribution in [1.82, 2.24) is 9.80 Å². The van der Waals surface area contributed by atoms with Crippen LogP contribution in [0.25, 0.3) is 0 Å². The molecule has 9 heteroatoms. The summed E-state index contributed by atoms with van der Waals surface area (Å²) in [6.45, 7) is 6.74. The van der Waals surface area contributed by atoms with Gasteiger partial charge in [-0.15, -0.1) is 0 Å². The Bertz CT molecular complexity index is 1490. The summed E-state index contributed by atoms with van der Waals surface area (Å²) in [6, 6.07) is 13.2. The number of hydrogen-bond acceptors (Lipinski definition) is 5. The molecule has 1 spiro atoms. The van der Waals surface area contributed by atoms with E-state index in [1.54, 1.807) is 15.9 Å². The highest BCUT2D eigenvalue weighted by Gasteiger charge is 2.76. The van der Waals surface area contributed by atoms with Crippen LogP contribution in [0.15, 0.2) is 72.8 Å². The molecule has 6 atom stereocenters. The number of amides is 3. The molecule has 0 bridgehead atoms. The molecule has 1 unspecified atom stereocenters. The molecule has 0 saturated carbocycles. The Morgan fingerprint density at radius 3 is 2.39 bits per heavy atom. The van der Waals surface area contributed by atoms with Crippen LogP contribution >= 0.6 is 11.6 Å². The summed E-state index contributed by atoms with van der Waals surface area (Å²) in [7, 11) is 0. The molecule has 2 fully saturated rings. The Hall–Kier alpha value is -3.46. The minimum Gasteiger partial charge on any atom is -0.394 e. The van der Waals surface area contributed by atoms with Crippen molar-refractivity contribution in [3.63, 3.8) is 0 Å². The second-order valence-electron chi connectivity index (χ2n) is 12.3. The molecule has 8 nitrogen and oxygen atoms in total. The lowest BCUT2D eigenvalue weighted by Crippen LogP contribution is -2.59. The maximum absolute atomic E-state index is 15.0. The Morgan fingerprint density at radius 2 is 1.70 bits per heavy atom. The number of anilines is 1. The summed E-state index contributed by atoms with van der Waals surface area (Å²) in [5.41, 5.74) is -0.159. The highest BCUT2D eigenvalue weighted by Crippen LogP contribution is 2.59. The van der Waals surface area contributed by atoms with Gasteiger partial charge >= 0.3 is 0 Å². The lowest BCUT2D eigenvalue weighted by Gasteiger charge is -2.41. The van der Waals surface area contributed by atoms with Crippen molar-refractivity contribution in [3.8, 4) is 0 Å². The number of aliphatic hydroxyl groups is 1. The van der Waals surface area contributed by atoms with E-state index in [4.69, 9.17) is 16.3 Å². The van der Waals surface area contributed by atoms with Gasteiger partial charge in [-0.05, 0) is 43.4 Å². The fraction of sp³-hybridized carbons (Fsp3) is 0.457. The van der Waals surface area contributed by atoms with Crippen LogP contribution in [-0.2, 0) is 25.5 Å². The van der Waals surface area contributed by atoms with Crippen LogP contribution in [0.2, 0.25) is 5.02 Å². The van der Waals surface area contributed by atoms with Crippen LogP contribution in [0.3, 0.4) is 0 Å². The van der Waals surface area contributed by atoms with E-state index < -0.39 is 35.1 Å². The number of halogens is 1. The summed E-state index contributed by atoms with van der Waals surface area (Å²) in [5.74, 6) is -2.60. The van der Waals surface area contributed by atoms with E-state index in [2.05, 4.69) is 0 Å². The zero-order chi connectivity index (χ0) is 31.2. The van der Waals surface area contributed by atoms with Crippen molar-refractivity contribution in [3.05, 3.63) is 89.0 Å². The molecule has 6 rings (SSSR count). The van der Waals surface area contributed by atoms with Crippen LogP contribution in [0.4, 0.5) is 5.69 Å². The third kappa shape index (κ3) is 4.61. The van der Waals surface area contributed by atoms with Gasteiger partial charge in [-0.3, -0.25) is 14.4 Å². The van der Waals surface area contributed by atoms with E-state index in [-0.39, 0.29) is 30.9 Å². The molecule has 2 aromatic rings. The molecule has 1 N–H and O–H groups in total. The van der Waals surface area contributed by atoms with Crippen LogP contribution in [0.5, 0.6) is 0 Å². The Kier molecular flexibility index (Phi) is 8.20. The number of hydrogen-bond donors (Lipinski definition) is 1. The number of carbonyl (C=O) groups is 3. The van der Waals surface area contributed by atoms with Crippen LogP contribution in [-0.4, -0.2) is 82.2 Å². The average Bonchev–Trinajstić information content (AvgIpc) is 3.32. The first kappa shape index (κ1) is 30.6. The molecule has 3 amide bonds. The Morgan fingerprint density at radius 1 is 0.955 bits per heavy atom. The standard InChI is InChI=1S/C35H40ClN3O5/c1-4-18-37-19-10-16-34(5-2)27(31(37)41)28-32(42)39(25(22-40)21-24-13-7-6-8-14-24)30-33(43)38(20-11-17-35(28,30)44-34)29-23(3)12-9-15-26(29)36/h6-17,25,27-28,30,40H,4-5,18-22H2,1-3H3/t25-,27-,28+,30?,34+,35+/m1/s1. The Labute approximate surface area is 263 Å². The highest BCUT2D eigenvalue weighted by atomic mass is 35.5. The number of aryl methyl sites for hydroxylation is 1. The summed E-state index contributed by atoms with van der Waals surface area (Å²) in [6.07, 6.45) is 9.18. The number of ether oxygens (including phenoxy) is 1. The first-order valence-corrected chi connectivity index (χ1v) is 16.0. The zero-order valence-corrected chi connectivity index (χ0v) is 26.2. The molecule has 2 saturated heterocycles. The molecule has 0 radical (unpaired) electrons. The largest absolute Gasteiger partial charge is 0.394 e. The van der Waals surface area contributed by atoms with Gasteiger partial charge in [0.25, 0.3) is 5.91 Å². The van der Waals surface area contributed by atoms with Gasteiger partial charge in [0, 0.05) is 19.6 Å². The lowest BCUT2D eigenvalue weighted by atomic mass is 9.73. The lowest BCUT2D eigenvalue weighted by molar-refractivity contribution is -0.152. The zero-order valence-electron chi connectivity index (χ0n) is 25.5. The second-order valence-corrected chi connectivity index (χ2v) is 12.7. The monoisotopic (exact) mass is 617 g/mol. The highest BCUT2D eigenvalue weighted by molar-refractivity contribution is 6.34. The Balaban J connectivity index is 1.53. The van der Waals surface area contributed by atoms with Gasteiger partial charge in [0.05, 0.1) is 40.8 Å². The molecular formula is C35H40ClN3O5. The van der Waals surface area contributed by atoms with Crippen molar-refractivity contribution in [1.29, 1.82) is 0 Å². The fourth-order valence-electron chi connectivity index (χ4n) is 7.92. The van der Waals surface area contributed by atoms with Gasteiger partial charge in [0.1, 0.15) is 11.6 Å². The summed E-state index contributed by atoms with van der Waals surface area (Å²) < 4.78 is 7.09. The minimum absolute atomic E-state index is 0.137. The maximum atomic E-state index is 15.0. The summed E-state index contributed by atoms with van der Waals surface area (Å²) in [5, 5.41) is 11.2. The van der Waals surface area contributed by atoms with Crippen molar-refractivity contribution in [2.24, 2.45) is 11.8 Å². The van der Waals surface area contributed by atoms with E-state index in [0.29, 0.717) is 36.6 Å². The van der Waals surface area contributed by atoms with Gasteiger partial charge in [-0.25, -0.2) is 0 Å². The molecule has 0 aromatic heterocycles. The van der Waals surface area contributed by atoms with Gasteiger partial charge in [0.2, 0.25) is 11.8 Å². The molecule has 44 heavy (non-hydrogen) atoms. The molecule has 2 aromatic carbocycles. The molecular weight excluding hydrogens is 578 g/mol. The predicted octanol–water partition coefficient (Wildman–Crippen LogP) is 4.32. The van der Waals surface area contributed by atoms with Crippen molar-refractivity contribution in [2.75, 3.05) is 31.1 Å². The smallest absolute Gasteiger partial charge is 0.253 e. The van der Waals surface area contributed by atoms with E-state index >= 15 is 0 Å². The van der Waals surface area contributed by atoms with Crippen molar-refractivity contribution >= 4 is 35.0 Å². The van der Waals surface area contributed by atoms with Gasteiger partial charge in [0.15, 0.2) is 0 Å². The van der Waals surface area contributed by atoms with E-state index in [1.807, 2.05) is 87.5 Å². The van der Waals surface area contributed by atoms with Crippen LogP contribution in [0, 0.1) is 18.8 Å². The number of carbonyl (C=O) groups excluding carboxylic acids is 3. The quantitative estimate of drug-likeness (QED) is 0.446. The first-order chi connectivity index (χ1) is 21.2. The second kappa shape index (κ2) is 11.8. The predicted molar refractivity (Wildman–Crippen MR) is 169 cm³/mol. The number of benzene rings is 2. The van der Waals surface area contributed by atoms with Crippen molar-refractivity contribution < 1.29 is 24.2 Å². The normalized spacial score (nSPS) is 30.2. The molecule has 4 aliphatic rings. The van der Waals surface area contributed by atoms with Gasteiger partial charge in [-0.1, -0.05) is 92.2 Å². The van der Waals surface area contributed by atoms with E-state index in [9.17, 15) is 19.5 Å². The topological polar surface area (TPSA) is 90.4 Å². The molecule has 4 aliphatic heterocycles. The number of fused-ring (bicyclic) bond motifs is 2. The third-order valence-electron chi connectivity index (χ3n) is 9.83. The molecule has 4 heterocycles. The number of likely N-dealkylation sites (tertiary alicyclic amines) is 1. The molecule has 232 valence electrons. The first-order valence-electron chi connectivity index (χ1n) is 15.6. The van der Waals surface area contributed by atoms with Crippen molar-refractivity contribution in [2.45, 2.75) is 63.3 Å². The van der Waals surface area contributed by atoms with Crippen LogP contribution < -0.4 is 4.90 Å². The average molecular weight is 618 g/mol. The van der Waals surface area contributed by atoms with Gasteiger partial charge in [-0.2, -0.15) is 0 Å². The number of rotatable bonds is 8. The number of para-hydroxylation sites is 1. The van der Waals surface area contributed by atoms with E-state index in [1.165, 1.54) is 4.90 Å². The molecule has 0 aliphatic carbocycles. The minimum atomic E-state index is -1.42. The summed E-state index contributed by atoms with van der Waals surface area (Å²) >= 11 is 6.69. The number of nitrogens with zero attached hydrogens (tertiary/aromatic N) is 3. The van der Waals surface area contributed by atoms with Gasteiger partial charge < -0.3 is 24.5 Å². The van der Waals surface area contributed by atoms with E-state index in [0.717, 1.165) is 17.5 Å². The van der Waals surface area contributed by atoms with Crippen LogP contribution in [0.1, 0.15) is 37.8 Å². The third-order valence-corrected chi connectivity index (χ3v) is 10.1. The SMILES string of the molecule is CCCN1CC=C[C@]2(CC)O[C@]34C=CCN(c5c(C)cccc5Cl)C(=O)C3N([C@@H](CO)Cc3ccccc3)C(=O)[C@@H]4[C@@H]2C1=O. The number of aliphatic hydroxyl groups excluding tert-OH is 1. The maximum Gasteiger partial charge on any atom is 0.253 e. The fourth-order valence-corrected chi connectivity index (χ4v) is 8.24.